The molecule has 0 saturated heterocycles. The van der Waals surface area contributed by atoms with Crippen LogP contribution in [0.5, 0.6) is 0 Å². The Kier molecular flexibility index (Phi) is 4.99. The fourth-order valence-corrected chi connectivity index (χ4v) is 2.49. The zero-order valence-electron chi connectivity index (χ0n) is 12.8. The summed E-state index contributed by atoms with van der Waals surface area (Å²) in [5.74, 6) is 0. The van der Waals surface area contributed by atoms with Crippen molar-refractivity contribution in [1.29, 1.82) is 0 Å². The number of benzene rings is 2. The van der Waals surface area contributed by atoms with E-state index in [0.717, 1.165) is 17.7 Å². The molecule has 0 saturated carbocycles. The maximum Gasteiger partial charge on any atom is 0.119 e. The molecule has 2 rings (SSSR count). The molecular formula is C18H24N2O. The molecule has 1 atom stereocenters. The standard InChI is InChI=1S/C18H24N2O/c1-3-15-9-11-17(12-10-15)20(2)14-18(21,13-19)16-7-5-4-6-8-16/h4-12,21H,3,13-14,19H2,1-2H3. The molecule has 0 spiro atoms. The largest absolute Gasteiger partial charge is 0.382 e. The third-order valence-electron chi connectivity index (χ3n) is 3.93. The van der Waals surface area contributed by atoms with Gasteiger partial charge < -0.3 is 15.7 Å². The van der Waals surface area contributed by atoms with Gasteiger partial charge in [0.25, 0.3) is 0 Å². The van der Waals surface area contributed by atoms with Crippen molar-refractivity contribution in [3.8, 4) is 0 Å². The van der Waals surface area contributed by atoms with Gasteiger partial charge in [-0.15, -0.1) is 0 Å². The number of anilines is 1. The van der Waals surface area contributed by atoms with Gasteiger partial charge in [0.1, 0.15) is 5.60 Å². The Morgan fingerprint density at radius 3 is 2.19 bits per heavy atom. The third kappa shape index (κ3) is 3.63. The summed E-state index contributed by atoms with van der Waals surface area (Å²) < 4.78 is 0. The molecule has 0 bridgehead atoms. The first-order valence-electron chi connectivity index (χ1n) is 7.37. The minimum Gasteiger partial charge on any atom is -0.382 e. The summed E-state index contributed by atoms with van der Waals surface area (Å²) in [6, 6.07) is 18.0. The molecule has 0 amide bonds. The molecule has 0 heterocycles. The molecule has 3 N–H and O–H groups in total. The van der Waals surface area contributed by atoms with Crippen LogP contribution in [0.4, 0.5) is 5.69 Å². The lowest BCUT2D eigenvalue weighted by molar-refractivity contribution is 0.0543. The van der Waals surface area contributed by atoms with E-state index in [-0.39, 0.29) is 6.54 Å². The second-order valence-electron chi connectivity index (χ2n) is 5.48. The van der Waals surface area contributed by atoms with Gasteiger partial charge in [-0.3, -0.25) is 0 Å². The average Bonchev–Trinajstić information content (AvgIpc) is 2.55. The number of nitrogens with two attached hydrogens (primary N) is 1. The van der Waals surface area contributed by atoms with Crippen molar-refractivity contribution in [1.82, 2.24) is 0 Å². The van der Waals surface area contributed by atoms with Crippen molar-refractivity contribution < 1.29 is 5.11 Å². The van der Waals surface area contributed by atoms with Crippen LogP contribution in [0.2, 0.25) is 0 Å². The summed E-state index contributed by atoms with van der Waals surface area (Å²) in [5, 5.41) is 10.9. The first-order chi connectivity index (χ1) is 10.1. The molecular weight excluding hydrogens is 260 g/mol. The fraction of sp³-hybridized carbons (Fsp3) is 0.333. The molecule has 0 aliphatic carbocycles. The van der Waals surface area contributed by atoms with Crippen molar-refractivity contribution in [2.75, 3.05) is 25.0 Å². The average molecular weight is 284 g/mol. The lowest BCUT2D eigenvalue weighted by Gasteiger charge is -2.33. The van der Waals surface area contributed by atoms with Gasteiger partial charge in [0.15, 0.2) is 0 Å². The molecule has 0 fully saturated rings. The highest BCUT2D eigenvalue weighted by Gasteiger charge is 2.29. The number of aliphatic hydroxyl groups is 1. The maximum atomic E-state index is 10.9. The Labute approximate surface area is 127 Å². The predicted octanol–water partition coefficient (Wildman–Crippen LogP) is 2.53. The van der Waals surface area contributed by atoms with Gasteiger partial charge in [0.05, 0.1) is 6.54 Å². The van der Waals surface area contributed by atoms with Crippen LogP contribution in [0.25, 0.3) is 0 Å². The third-order valence-corrected chi connectivity index (χ3v) is 3.93. The SMILES string of the molecule is CCc1ccc(N(C)CC(O)(CN)c2ccccc2)cc1. The van der Waals surface area contributed by atoms with Gasteiger partial charge in [-0.2, -0.15) is 0 Å². The molecule has 0 aromatic heterocycles. The monoisotopic (exact) mass is 284 g/mol. The number of likely N-dealkylation sites (N-methyl/N-ethyl adjacent to an activating group) is 1. The number of hydrogen-bond acceptors (Lipinski definition) is 3. The van der Waals surface area contributed by atoms with Crippen LogP contribution in [0.15, 0.2) is 54.6 Å². The minimum atomic E-state index is -1.04. The van der Waals surface area contributed by atoms with E-state index in [9.17, 15) is 5.11 Å². The number of aryl methyl sites for hydroxylation is 1. The second-order valence-corrected chi connectivity index (χ2v) is 5.48. The van der Waals surface area contributed by atoms with E-state index in [2.05, 4.69) is 31.2 Å². The molecule has 2 aromatic rings. The zero-order valence-corrected chi connectivity index (χ0v) is 12.8. The normalized spacial score (nSPS) is 13.7. The fourth-order valence-electron chi connectivity index (χ4n) is 2.49. The second kappa shape index (κ2) is 6.74. The number of hydrogen-bond donors (Lipinski definition) is 2. The van der Waals surface area contributed by atoms with Gasteiger partial charge in [-0.1, -0.05) is 49.4 Å². The van der Waals surface area contributed by atoms with E-state index in [1.807, 2.05) is 42.3 Å². The minimum absolute atomic E-state index is 0.189. The molecule has 0 aliphatic rings. The summed E-state index contributed by atoms with van der Waals surface area (Å²) in [6.45, 7) is 2.79. The topological polar surface area (TPSA) is 49.5 Å². The van der Waals surface area contributed by atoms with E-state index in [1.165, 1.54) is 5.56 Å². The van der Waals surface area contributed by atoms with Gasteiger partial charge in [0, 0.05) is 19.3 Å². The van der Waals surface area contributed by atoms with Gasteiger partial charge in [-0.05, 0) is 29.7 Å². The van der Waals surface area contributed by atoms with Crippen LogP contribution in [-0.4, -0.2) is 25.2 Å². The van der Waals surface area contributed by atoms with E-state index in [4.69, 9.17) is 5.73 Å². The Morgan fingerprint density at radius 2 is 1.67 bits per heavy atom. The van der Waals surface area contributed by atoms with Gasteiger partial charge in [0.2, 0.25) is 0 Å². The molecule has 21 heavy (non-hydrogen) atoms. The van der Waals surface area contributed by atoms with Crippen molar-refractivity contribution in [3.63, 3.8) is 0 Å². The van der Waals surface area contributed by atoms with E-state index in [1.54, 1.807) is 0 Å². The van der Waals surface area contributed by atoms with Crippen LogP contribution in [0, 0.1) is 0 Å². The van der Waals surface area contributed by atoms with Crippen molar-refractivity contribution >= 4 is 5.69 Å². The number of nitrogens with zero attached hydrogens (tertiary/aromatic N) is 1. The van der Waals surface area contributed by atoms with Crippen molar-refractivity contribution in [3.05, 3.63) is 65.7 Å². The first kappa shape index (κ1) is 15.5. The summed E-state index contributed by atoms with van der Waals surface area (Å²) >= 11 is 0. The highest BCUT2D eigenvalue weighted by molar-refractivity contribution is 5.47. The van der Waals surface area contributed by atoms with Crippen molar-refractivity contribution in [2.45, 2.75) is 18.9 Å². The van der Waals surface area contributed by atoms with Crippen LogP contribution in [0.1, 0.15) is 18.1 Å². The van der Waals surface area contributed by atoms with Crippen LogP contribution < -0.4 is 10.6 Å². The first-order valence-corrected chi connectivity index (χ1v) is 7.37. The summed E-state index contributed by atoms with van der Waals surface area (Å²) in [5.41, 5.74) is 8.03. The Balaban J connectivity index is 2.17. The zero-order chi connectivity index (χ0) is 15.3. The van der Waals surface area contributed by atoms with Crippen LogP contribution in [0.3, 0.4) is 0 Å². The Bertz CT molecular complexity index is 553. The highest BCUT2D eigenvalue weighted by atomic mass is 16.3. The highest BCUT2D eigenvalue weighted by Crippen LogP contribution is 2.24. The summed E-state index contributed by atoms with van der Waals surface area (Å²) in [6.07, 6.45) is 1.03. The van der Waals surface area contributed by atoms with Crippen molar-refractivity contribution in [2.24, 2.45) is 5.73 Å². The van der Waals surface area contributed by atoms with Gasteiger partial charge >= 0.3 is 0 Å². The molecule has 3 heteroatoms. The molecule has 3 nitrogen and oxygen atoms in total. The molecule has 0 radical (unpaired) electrons. The van der Waals surface area contributed by atoms with E-state index in [0.29, 0.717) is 6.54 Å². The number of rotatable bonds is 6. The smallest absolute Gasteiger partial charge is 0.119 e. The summed E-state index contributed by atoms with van der Waals surface area (Å²) in [7, 11) is 1.98. The van der Waals surface area contributed by atoms with Crippen LogP contribution >= 0.6 is 0 Å². The Morgan fingerprint density at radius 1 is 1.05 bits per heavy atom. The van der Waals surface area contributed by atoms with E-state index >= 15 is 0 Å². The lowest BCUT2D eigenvalue weighted by Crippen LogP contribution is -2.45. The van der Waals surface area contributed by atoms with Gasteiger partial charge in [-0.25, -0.2) is 0 Å². The molecule has 2 aromatic carbocycles. The predicted molar refractivity (Wildman–Crippen MR) is 88.5 cm³/mol. The molecule has 1 unspecified atom stereocenters. The molecule has 0 aliphatic heterocycles. The maximum absolute atomic E-state index is 10.9. The van der Waals surface area contributed by atoms with E-state index < -0.39 is 5.60 Å². The quantitative estimate of drug-likeness (QED) is 0.857. The lowest BCUT2D eigenvalue weighted by atomic mass is 9.93. The molecule has 112 valence electrons. The summed E-state index contributed by atoms with van der Waals surface area (Å²) in [4.78, 5) is 2.04. The Hall–Kier alpha value is -1.84. The van der Waals surface area contributed by atoms with Crippen LogP contribution in [-0.2, 0) is 12.0 Å².